The quantitative estimate of drug-likeness (QED) is 0.232. The monoisotopic (exact) mass is 533 g/mol. The molecule has 208 valence electrons. The van der Waals surface area contributed by atoms with E-state index in [1.807, 2.05) is 18.2 Å². The van der Waals surface area contributed by atoms with Gasteiger partial charge in [-0.3, -0.25) is 4.79 Å². The summed E-state index contributed by atoms with van der Waals surface area (Å²) in [4.78, 5) is 11.9. The Morgan fingerprint density at radius 2 is 1.61 bits per heavy atom. The van der Waals surface area contributed by atoms with E-state index < -0.39 is 61.5 Å². The van der Waals surface area contributed by atoms with Crippen molar-refractivity contribution < 1.29 is 49.6 Å². The molecule has 2 aromatic rings. The van der Waals surface area contributed by atoms with E-state index in [1.165, 1.54) is 0 Å². The van der Waals surface area contributed by atoms with Gasteiger partial charge >= 0.3 is 0 Å². The lowest BCUT2D eigenvalue weighted by Gasteiger charge is -2.44. The molecule has 0 spiro atoms. The van der Waals surface area contributed by atoms with Crippen LogP contribution in [0.5, 0.6) is 5.75 Å². The second kappa shape index (κ2) is 12.5. The summed E-state index contributed by atoms with van der Waals surface area (Å²) in [5, 5.41) is 63.4. The standard InChI is InChI=1S/C27H35NO10/c1-28-26(35)16-4-2-3-15(9-16)14-5-7-18(8-6-14)36-27-22(31)17(10-19(12-29)37-27)11-20-23(32)25(34)24(33)21(13-30)38-20/h2-9,17,19-25,27,29-34H,10-13H2,1H3,(H,28,35)/t17?,19?,20-,21?,22?,23?,24-,25?,27+/m1/s1. The first-order chi connectivity index (χ1) is 18.2. The molecule has 0 saturated carbocycles. The number of amides is 1. The van der Waals surface area contributed by atoms with Gasteiger partial charge in [0.2, 0.25) is 6.29 Å². The molecule has 0 aromatic heterocycles. The molecule has 38 heavy (non-hydrogen) atoms. The summed E-state index contributed by atoms with van der Waals surface area (Å²) in [7, 11) is 1.57. The van der Waals surface area contributed by atoms with Crippen LogP contribution >= 0.6 is 0 Å². The Labute approximate surface area is 220 Å². The summed E-state index contributed by atoms with van der Waals surface area (Å²) in [5.41, 5.74) is 2.22. The normalized spacial score (nSPS) is 33.5. The number of rotatable bonds is 8. The van der Waals surface area contributed by atoms with Crippen molar-refractivity contribution in [2.45, 2.75) is 61.9 Å². The molecule has 9 atom stereocenters. The number of carbonyl (C=O) groups is 1. The molecule has 6 unspecified atom stereocenters. The Balaban J connectivity index is 1.45. The van der Waals surface area contributed by atoms with Gasteiger partial charge in [-0.1, -0.05) is 24.3 Å². The van der Waals surface area contributed by atoms with Crippen LogP contribution in [-0.4, -0.2) is 106 Å². The van der Waals surface area contributed by atoms with E-state index in [2.05, 4.69) is 5.32 Å². The highest BCUT2D eigenvalue weighted by molar-refractivity contribution is 5.95. The van der Waals surface area contributed by atoms with Gasteiger partial charge in [-0.05, 0) is 54.2 Å². The van der Waals surface area contributed by atoms with Crippen molar-refractivity contribution in [3.63, 3.8) is 0 Å². The average Bonchev–Trinajstić information content (AvgIpc) is 2.95. The molecular formula is C27H35NO10. The Kier molecular flexibility index (Phi) is 9.34. The van der Waals surface area contributed by atoms with Crippen molar-refractivity contribution in [3.8, 4) is 16.9 Å². The average molecular weight is 534 g/mol. The molecule has 11 heteroatoms. The van der Waals surface area contributed by atoms with Crippen LogP contribution in [0.2, 0.25) is 0 Å². The largest absolute Gasteiger partial charge is 0.462 e. The van der Waals surface area contributed by atoms with E-state index in [9.17, 15) is 35.4 Å². The summed E-state index contributed by atoms with van der Waals surface area (Å²) < 4.78 is 17.3. The fraction of sp³-hybridized carbons (Fsp3) is 0.519. The zero-order valence-corrected chi connectivity index (χ0v) is 21.0. The molecule has 2 saturated heterocycles. The number of hydrogen-bond donors (Lipinski definition) is 7. The molecule has 2 fully saturated rings. The first kappa shape index (κ1) is 28.4. The highest BCUT2D eigenvalue weighted by Crippen LogP contribution is 2.34. The molecule has 0 aliphatic carbocycles. The first-order valence-electron chi connectivity index (χ1n) is 12.6. The highest BCUT2D eigenvalue weighted by atomic mass is 16.7. The zero-order chi connectivity index (χ0) is 27.4. The predicted octanol–water partition coefficient (Wildman–Crippen LogP) is -0.591. The number of carbonyl (C=O) groups excluding carboxylic acids is 1. The van der Waals surface area contributed by atoms with Crippen molar-refractivity contribution in [2.24, 2.45) is 5.92 Å². The molecule has 2 aromatic carbocycles. The van der Waals surface area contributed by atoms with E-state index >= 15 is 0 Å². The molecule has 0 radical (unpaired) electrons. The van der Waals surface area contributed by atoms with Crippen LogP contribution in [0, 0.1) is 5.92 Å². The molecule has 7 N–H and O–H groups in total. The third-order valence-corrected chi connectivity index (χ3v) is 7.18. The predicted molar refractivity (Wildman–Crippen MR) is 134 cm³/mol. The molecule has 11 nitrogen and oxygen atoms in total. The third kappa shape index (κ3) is 6.16. The van der Waals surface area contributed by atoms with Gasteiger partial charge in [0, 0.05) is 12.6 Å². The highest BCUT2D eigenvalue weighted by Gasteiger charge is 2.47. The van der Waals surface area contributed by atoms with Gasteiger partial charge in [-0.25, -0.2) is 0 Å². The fourth-order valence-electron chi connectivity index (χ4n) is 4.99. The minimum Gasteiger partial charge on any atom is -0.462 e. The van der Waals surface area contributed by atoms with E-state index in [-0.39, 0.29) is 25.4 Å². The van der Waals surface area contributed by atoms with Gasteiger partial charge < -0.3 is 50.2 Å². The van der Waals surface area contributed by atoms with Gasteiger partial charge in [0.25, 0.3) is 5.91 Å². The molecular weight excluding hydrogens is 498 g/mol. The molecule has 2 heterocycles. The molecule has 1 amide bonds. The Hall–Kier alpha value is -2.61. The van der Waals surface area contributed by atoms with Crippen molar-refractivity contribution in [1.29, 1.82) is 0 Å². The van der Waals surface area contributed by atoms with Crippen LogP contribution in [0.1, 0.15) is 23.2 Å². The lowest BCUT2D eigenvalue weighted by atomic mass is 9.83. The number of benzene rings is 2. The molecule has 4 rings (SSSR count). The minimum atomic E-state index is -1.51. The maximum absolute atomic E-state index is 11.9. The van der Waals surface area contributed by atoms with Gasteiger partial charge in [0.1, 0.15) is 36.3 Å². The van der Waals surface area contributed by atoms with Crippen LogP contribution in [0.4, 0.5) is 0 Å². The lowest BCUT2D eigenvalue weighted by Crippen LogP contribution is -2.59. The number of ether oxygens (including phenoxy) is 3. The fourth-order valence-corrected chi connectivity index (χ4v) is 4.99. The Bertz CT molecular complexity index is 1060. The summed E-state index contributed by atoms with van der Waals surface area (Å²) in [6, 6.07) is 14.2. The second-order valence-electron chi connectivity index (χ2n) is 9.70. The van der Waals surface area contributed by atoms with Crippen LogP contribution in [0.3, 0.4) is 0 Å². The summed E-state index contributed by atoms with van der Waals surface area (Å²) in [6.45, 7) is -0.868. The van der Waals surface area contributed by atoms with Crippen molar-refractivity contribution in [3.05, 3.63) is 54.1 Å². The van der Waals surface area contributed by atoms with Crippen molar-refractivity contribution >= 4 is 5.91 Å². The molecule has 0 bridgehead atoms. The minimum absolute atomic E-state index is 0.0724. The number of nitrogens with one attached hydrogen (secondary N) is 1. The first-order valence-corrected chi connectivity index (χ1v) is 12.6. The zero-order valence-electron chi connectivity index (χ0n) is 21.0. The van der Waals surface area contributed by atoms with E-state index in [1.54, 1.807) is 37.4 Å². The smallest absolute Gasteiger partial charge is 0.251 e. The summed E-state index contributed by atoms with van der Waals surface area (Å²) in [5.74, 6) is -0.323. The Morgan fingerprint density at radius 3 is 2.26 bits per heavy atom. The number of hydrogen-bond acceptors (Lipinski definition) is 10. The van der Waals surface area contributed by atoms with Crippen LogP contribution < -0.4 is 10.1 Å². The maximum atomic E-state index is 11.9. The maximum Gasteiger partial charge on any atom is 0.251 e. The summed E-state index contributed by atoms with van der Waals surface area (Å²) >= 11 is 0. The number of aliphatic hydroxyl groups is 6. The van der Waals surface area contributed by atoms with Crippen molar-refractivity contribution in [1.82, 2.24) is 5.32 Å². The van der Waals surface area contributed by atoms with Gasteiger partial charge in [0.15, 0.2) is 0 Å². The SMILES string of the molecule is CNC(=O)c1cccc(-c2ccc(O[C@H]3OC(CO)CC(C[C@H]4OC(CO)[C@@H](O)C(O)C4O)C3O)cc2)c1. The lowest BCUT2D eigenvalue weighted by molar-refractivity contribution is -0.253. The van der Waals surface area contributed by atoms with Crippen LogP contribution in [0.25, 0.3) is 11.1 Å². The van der Waals surface area contributed by atoms with Gasteiger partial charge in [-0.15, -0.1) is 0 Å². The number of aliphatic hydroxyl groups excluding tert-OH is 6. The van der Waals surface area contributed by atoms with Crippen LogP contribution in [-0.2, 0) is 9.47 Å². The van der Waals surface area contributed by atoms with Crippen LogP contribution in [0.15, 0.2) is 48.5 Å². The van der Waals surface area contributed by atoms with E-state index in [0.717, 1.165) is 11.1 Å². The molecule has 2 aliphatic rings. The van der Waals surface area contributed by atoms with E-state index in [4.69, 9.17) is 14.2 Å². The van der Waals surface area contributed by atoms with Gasteiger partial charge in [-0.2, -0.15) is 0 Å². The van der Waals surface area contributed by atoms with Crippen molar-refractivity contribution in [2.75, 3.05) is 20.3 Å². The molecule has 2 aliphatic heterocycles. The summed E-state index contributed by atoms with van der Waals surface area (Å²) in [6.07, 6.45) is -9.04. The third-order valence-electron chi connectivity index (χ3n) is 7.18. The van der Waals surface area contributed by atoms with E-state index in [0.29, 0.717) is 11.3 Å². The topological polar surface area (TPSA) is 178 Å². The Morgan fingerprint density at radius 1 is 0.895 bits per heavy atom. The second-order valence-corrected chi connectivity index (χ2v) is 9.70. The van der Waals surface area contributed by atoms with Gasteiger partial charge in [0.05, 0.1) is 25.4 Å².